The highest BCUT2D eigenvalue weighted by Crippen LogP contribution is 2.16. The summed E-state index contributed by atoms with van der Waals surface area (Å²) in [6.07, 6.45) is 0.750. The van der Waals surface area contributed by atoms with Crippen LogP contribution in [0.1, 0.15) is 17.7 Å². The first-order valence-corrected chi connectivity index (χ1v) is 8.07. The first kappa shape index (κ1) is 16.4. The Labute approximate surface area is 141 Å². The third-order valence-corrected chi connectivity index (χ3v) is 3.90. The van der Waals surface area contributed by atoms with Crippen LogP contribution in [-0.4, -0.2) is 46.8 Å². The monoisotopic (exact) mass is 327 g/mol. The van der Waals surface area contributed by atoms with Gasteiger partial charge in [0, 0.05) is 19.0 Å². The SMILES string of the molecule is Cc1ccc(OC2CCN(C(=O)COCc3ccccc3)C2)nn1. The van der Waals surface area contributed by atoms with Crippen LogP contribution in [-0.2, 0) is 16.1 Å². The molecule has 1 aliphatic rings. The van der Waals surface area contributed by atoms with Gasteiger partial charge >= 0.3 is 0 Å². The predicted octanol–water partition coefficient (Wildman–Crippen LogP) is 1.98. The van der Waals surface area contributed by atoms with E-state index in [0.717, 1.165) is 17.7 Å². The van der Waals surface area contributed by atoms with Crippen LogP contribution in [0.25, 0.3) is 0 Å². The quantitative estimate of drug-likeness (QED) is 0.812. The maximum absolute atomic E-state index is 12.2. The van der Waals surface area contributed by atoms with Crippen LogP contribution in [0.5, 0.6) is 5.88 Å². The van der Waals surface area contributed by atoms with E-state index >= 15 is 0 Å². The van der Waals surface area contributed by atoms with Crippen LogP contribution in [0.3, 0.4) is 0 Å². The highest BCUT2D eigenvalue weighted by molar-refractivity contribution is 5.77. The Kier molecular flexibility index (Phi) is 5.38. The maximum atomic E-state index is 12.2. The molecular weight excluding hydrogens is 306 g/mol. The van der Waals surface area contributed by atoms with Crippen LogP contribution in [0.4, 0.5) is 0 Å². The molecule has 0 N–H and O–H groups in total. The van der Waals surface area contributed by atoms with E-state index in [0.29, 0.717) is 25.6 Å². The molecule has 24 heavy (non-hydrogen) atoms. The molecule has 1 atom stereocenters. The molecule has 3 rings (SSSR count). The van der Waals surface area contributed by atoms with E-state index in [9.17, 15) is 4.79 Å². The first-order valence-electron chi connectivity index (χ1n) is 8.07. The Balaban J connectivity index is 1.41. The van der Waals surface area contributed by atoms with E-state index in [1.807, 2.05) is 43.3 Å². The lowest BCUT2D eigenvalue weighted by atomic mass is 10.2. The van der Waals surface area contributed by atoms with Crippen molar-refractivity contribution in [2.75, 3.05) is 19.7 Å². The van der Waals surface area contributed by atoms with Crippen LogP contribution >= 0.6 is 0 Å². The highest BCUT2D eigenvalue weighted by atomic mass is 16.5. The Morgan fingerprint density at radius 3 is 2.79 bits per heavy atom. The Morgan fingerprint density at radius 1 is 1.21 bits per heavy atom. The number of likely N-dealkylation sites (tertiary alicyclic amines) is 1. The molecule has 0 radical (unpaired) electrons. The summed E-state index contributed by atoms with van der Waals surface area (Å²) >= 11 is 0. The summed E-state index contributed by atoms with van der Waals surface area (Å²) in [5.41, 5.74) is 1.91. The van der Waals surface area contributed by atoms with E-state index in [4.69, 9.17) is 9.47 Å². The fourth-order valence-electron chi connectivity index (χ4n) is 2.59. The summed E-state index contributed by atoms with van der Waals surface area (Å²) in [6, 6.07) is 13.5. The molecule has 126 valence electrons. The van der Waals surface area contributed by atoms with E-state index in [-0.39, 0.29) is 18.6 Å². The number of carbonyl (C=O) groups excluding carboxylic acids is 1. The van der Waals surface area contributed by atoms with Crippen LogP contribution in [0.15, 0.2) is 42.5 Å². The van der Waals surface area contributed by atoms with E-state index in [2.05, 4.69) is 10.2 Å². The number of amides is 1. The summed E-state index contributed by atoms with van der Waals surface area (Å²) in [4.78, 5) is 14.0. The van der Waals surface area contributed by atoms with Gasteiger partial charge in [0.1, 0.15) is 12.7 Å². The van der Waals surface area contributed by atoms with Crippen molar-refractivity contribution in [1.29, 1.82) is 0 Å². The van der Waals surface area contributed by atoms with E-state index in [1.165, 1.54) is 0 Å². The molecule has 1 aromatic heterocycles. The molecule has 0 saturated carbocycles. The van der Waals surface area contributed by atoms with Gasteiger partial charge in [-0.1, -0.05) is 30.3 Å². The molecule has 1 unspecified atom stereocenters. The Bertz CT molecular complexity index is 661. The molecule has 0 spiro atoms. The summed E-state index contributed by atoms with van der Waals surface area (Å²) in [5, 5.41) is 7.96. The number of ether oxygens (including phenoxy) is 2. The predicted molar refractivity (Wildman–Crippen MR) is 88.5 cm³/mol. The van der Waals surface area contributed by atoms with Crippen molar-refractivity contribution < 1.29 is 14.3 Å². The summed E-state index contributed by atoms with van der Waals surface area (Å²) < 4.78 is 11.3. The van der Waals surface area contributed by atoms with E-state index < -0.39 is 0 Å². The van der Waals surface area contributed by atoms with Gasteiger partial charge in [-0.2, -0.15) is 5.10 Å². The molecule has 1 aromatic carbocycles. The fourth-order valence-corrected chi connectivity index (χ4v) is 2.59. The molecule has 1 aliphatic heterocycles. The lowest BCUT2D eigenvalue weighted by molar-refractivity contribution is -0.135. The number of benzene rings is 1. The fraction of sp³-hybridized carbons (Fsp3) is 0.389. The van der Waals surface area contributed by atoms with Gasteiger partial charge in [0.05, 0.1) is 18.8 Å². The van der Waals surface area contributed by atoms with Crippen LogP contribution in [0.2, 0.25) is 0 Å². The van der Waals surface area contributed by atoms with Gasteiger partial charge in [0.15, 0.2) is 0 Å². The maximum Gasteiger partial charge on any atom is 0.248 e. The average Bonchev–Trinajstić information content (AvgIpc) is 3.06. The second-order valence-corrected chi connectivity index (χ2v) is 5.86. The molecule has 6 nitrogen and oxygen atoms in total. The standard InChI is InChI=1S/C18H21N3O3/c1-14-7-8-17(20-19-14)24-16-9-10-21(11-16)18(22)13-23-12-15-5-3-2-4-6-15/h2-8,16H,9-13H2,1H3. The number of nitrogens with zero attached hydrogens (tertiary/aromatic N) is 3. The largest absolute Gasteiger partial charge is 0.471 e. The third-order valence-electron chi connectivity index (χ3n) is 3.90. The zero-order valence-corrected chi connectivity index (χ0v) is 13.7. The van der Waals surface area contributed by atoms with Gasteiger partial charge in [0.25, 0.3) is 0 Å². The number of carbonyl (C=O) groups is 1. The summed E-state index contributed by atoms with van der Waals surface area (Å²) in [6.45, 7) is 3.65. The van der Waals surface area contributed by atoms with Crippen LogP contribution in [0, 0.1) is 6.92 Å². The molecule has 2 heterocycles. The third kappa shape index (κ3) is 4.52. The topological polar surface area (TPSA) is 64.5 Å². The number of hydrogen-bond acceptors (Lipinski definition) is 5. The van der Waals surface area contributed by atoms with Crippen LogP contribution < -0.4 is 4.74 Å². The van der Waals surface area contributed by atoms with Crippen molar-refractivity contribution in [2.45, 2.75) is 26.1 Å². The number of aryl methyl sites for hydroxylation is 1. The number of hydrogen-bond donors (Lipinski definition) is 0. The summed E-state index contributed by atoms with van der Waals surface area (Å²) in [5.74, 6) is 0.493. The zero-order valence-electron chi connectivity index (χ0n) is 13.7. The van der Waals surface area contributed by atoms with Gasteiger partial charge in [0.2, 0.25) is 11.8 Å². The molecular formula is C18H21N3O3. The van der Waals surface area contributed by atoms with Crippen molar-refractivity contribution in [3.63, 3.8) is 0 Å². The molecule has 1 amide bonds. The van der Waals surface area contributed by atoms with Crippen molar-refractivity contribution >= 4 is 5.91 Å². The van der Waals surface area contributed by atoms with E-state index in [1.54, 1.807) is 11.0 Å². The Hall–Kier alpha value is -2.47. The summed E-state index contributed by atoms with van der Waals surface area (Å²) in [7, 11) is 0. The van der Waals surface area contributed by atoms with Crippen molar-refractivity contribution in [3.05, 3.63) is 53.7 Å². The number of rotatable bonds is 6. The van der Waals surface area contributed by atoms with Gasteiger partial charge in [-0.25, -0.2) is 0 Å². The highest BCUT2D eigenvalue weighted by Gasteiger charge is 2.27. The average molecular weight is 327 g/mol. The van der Waals surface area contributed by atoms with Crippen molar-refractivity contribution in [1.82, 2.24) is 15.1 Å². The lowest BCUT2D eigenvalue weighted by Gasteiger charge is -2.17. The Morgan fingerprint density at radius 2 is 2.04 bits per heavy atom. The second kappa shape index (κ2) is 7.88. The normalized spacial score (nSPS) is 17.0. The minimum Gasteiger partial charge on any atom is -0.471 e. The van der Waals surface area contributed by atoms with Gasteiger partial charge in [-0.15, -0.1) is 5.10 Å². The molecule has 0 aliphatic carbocycles. The zero-order chi connectivity index (χ0) is 16.8. The molecule has 1 fully saturated rings. The van der Waals surface area contributed by atoms with Gasteiger partial charge in [-0.3, -0.25) is 4.79 Å². The molecule has 0 bridgehead atoms. The molecule has 6 heteroatoms. The molecule has 2 aromatic rings. The van der Waals surface area contributed by atoms with Gasteiger partial charge < -0.3 is 14.4 Å². The number of aromatic nitrogens is 2. The van der Waals surface area contributed by atoms with Gasteiger partial charge in [-0.05, 0) is 18.6 Å². The van der Waals surface area contributed by atoms with Crippen molar-refractivity contribution in [2.24, 2.45) is 0 Å². The lowest BCUT2D eigenvalue weighted by Crippen LogP contribution is -2.33. The smallest absolute Gasteiger partial charge is 0.248 e. The molecule has 1 saturated heterocycles. The van der Waals surface area contributed by atoms with Crippen molar-refractivity contribution in [3.8, 4) is 5.88 Å². The minimum atomic E-state index is -0.0416. The second-order valence-electron chi connectivity index (χ2n) is 5.86. The minimum absolute atomic E-state index is 0.00739. The first-order chi connectivity index (χ1) is 11.7.